The van der Waals surface area contributed by atoms with Gasteiger partial charge in [0.1, 0.15) is 12.1 Å². The van der Waals surface area contributed by atoms with Crippen molar-refractivity contribution in [2.45, 2.75) is 6.42 Å². The number of benzene rings is 1. The van der Waals surface area contributed by atoms with Gasteiger partial charge in [-0.25, -0.2) is 4.39 Å². The van der Waals surface area contributed by atoms with E-state index in [0.29, 0.717) is 16.9 Å². The number of halogens is 2. The van der Waals surface area contributed by atoms with Gasteiger partial charge in [0, 0.05) is 5.56 Å². The molecular formula is C10H6ClFO. The van der Waals surface area contributed by atoms with Crippen LogP contribution in [0.15, 0.2) is 18.2 Å². The molecule has 1 rings (SSSR count). The van der Waals surface area contributed by atoms with E-state index in [4.69, 9.17) is 11.6 Å². The summed E-state index contributed by atoms with van der Waals surface area (Å²) in [4.78, 5) is 9.94. The highest BCUT2D eigenvalue weighted by atomic mass is 35.5. The molecule has 0 aliphatic carbocycles. The lowest BCUT2D eigenvalue weighted by atomic mass is 10.2. The Hall–Kier alpha value is -1.33. The topological polar surface area (TPSA) is 17.1 Å². The number of carbonyl (C=O) groups is 1. The first-order valence-corrected chi connectivity index (χ1v) is 3.99. The van der Waals surface area contributed by atoms with Crippen LogP contribution in [0.3, 0.4) is 0 Å². The van der Waals surface area contributed by atoms with Crippen LogP contribution in [0, 0.1) is 17.7 Å². The molecule has 13 heavy (non-hydrogen) atoms. The molecule has 3 heteroatoms. The molecule has 0 unspecified atom stereocenters. The van der Waals surface area contributed by atoms with E-state index in [1.807, 2.05) is 0 Å². The zero-order valence-corrected chi connectivity index (χ0v) is 7.44. The van der Waals surface area contributed by atoms with Crippen LogP contribution in [0.1, 0.15) is 12.0 Å². The summed E-state index contributed by atoms with van der Waals surface area (Å²) in [6.45, 7) is 0. The Labute approximate surface area is 80.5 Å². The molecular weight excluding hydrogens is 191 g/mol. The minimum absolute atomic E-state index is 0.132. The normalized spacial score (nSPS) is 8.77. The van der Waals surface area contributed by atoms with Gasteiger partial charge in [0.25, 0.3) is 0 Å². The molecule has 0 radical (unpaired) electrons. The molecule has 0 saturated carbocycles. The molecule has 0 N–H and O–H groups in total. The Morgan fingerprint density at radius 3 is 3.00 bits per heavy atom. The van der Waals surface area contributed by atoms with Gasteiger partial charge < -0.3 is 4.79 Å². The lowest BCUT2D eigenvalue weighted by Crippen LogP contribution is -1.80. The Morgan fingerprint density at radius 2 is 2.31 bits per heavy atom. The molecule has 0 amide bonds. The van der Waals surface area contributed by atoms with Crippen LogP contribution in [0.25, 0.3) is 0 Å². The first kappa shape index (κ1) is 9.76. The lowest BCUT2D eigenvalue weighted by Gasteiger charge is -1.94. The zero-order valence-electron chi connectivity index (χ0n) is 6.68. The summed E-state index contributed by atoms with van der Waals surface area (Å²) in [7, 11) is 0. The van der Waals surface area contributed by atoms with Crippen LogP contribution in [0.4, 0.5) is 4.39 Å². The number of hydrogen-bond acceptors (Lipinski definition) is 1. The van der Waals surface area contributed by atoms with E-state index in [-0.39, 0.29) is 12.2 Å². The van der Waals surface area contributed by atoms with Crippen molar-refractivity contribution in [2.75, 3.05) is 0 Å². The third kappa shape index (κ3) is 2.89. The van der Waals surface area contributed by atoms with Crippen molar-refractivity contribution in [3.05, 3.63) is 34.6 Å². The maximum Gasteiger partial charge on any atom is 0.131 e. The molecule has 1 nitrogen and oxygen atoms in total. The van der Waals surface area contributed by atoms with Gasteiger partial charge in [-0.3, -0.25) is 0 Å². The summed E-state index contributed by atoms with van der Waals surface area (Å²) in [5.41, 5.74) is 0.406. The monoisotopic (exact) mass is 196 g/mol. The second-order valence-electron chi connectivity index (χ2n) is 2.30. The van der Waals surface area contributed by atoms with Gasteiger partial charge in [-0.15, -0.1) is 0 Å². The Kier molecular flexibility index (Phi) is 3.48. The second-order valence-corrected chi connectivity index (χ2v) is 2.70. The van der Waals surface area contributed by atoms with Crippen molar-refractivity contribution >= 4 is 17.9 Å². The SMILES string of the molecule is O=CCC#Cc1cc(F)ccc1Cl. The number of aldehydes is 1. The average Bonchev–Trinajstić information content (AvgIpc) is 2.11. The highest BCUT2D eigenvalue weighted by Gasteiger charge is 1.97. The smallest absolute Gasteiger partial charge is 0.131 e. The predicted octanol–water partition coefficient (Wildman–Crippen LogP) is 2.42. The van der Waals surface area contributed by atoms with E-state index < -0.39 is 0 Å². The van der Waals surface area contributed by atoms with Gasteiger partial charge >= 0.3 is 0 Å². The average molecular weight is 197 g/mol. The van der Waals surface area contributed by atoms with Crippen LogP contribution in [0.5, 0.6) is 0 Å². The van der Waals surface area contributed by atoms with Gasteiger partial charge in [-0.05, 0) is 18.2 Å². The van der Waals surface area contributed by atoms with Crippen molar-refractivity contribution in [1.29, 1.82) is 0 Å². The first-order chi connectivity index (χ1) is 6.24. The minimum atomic E-state index is -0.389. The van der Waals surface area contributed by atoms with Crippen LogP contribution in [-0.4, -0.2) is 6.29 Å². The van der Waals surface area contributed by atoms with E-state index >= 15 is 0 Å². The third-order valence-corrected chi connectivity index (χ3v) is 1.67. The summed E-state index contributed by atoms with van der Waals surface area (Å²) in [6, 6.07) is 3.93. The van der Waals surface area contributed by atoms with E-state index in [1.54, 1.807) is 0 Å². The van der Waals surface area contributed by atoms with Crippen LogP contribution in [-0.2, 0) is 4.79 Å². The quantitative estimate of drug-likeness (QED) is 0.498. The van der Waals surface area contributed by atoms with Crippen LogP contribution < -0.4 is 0 Å². The van der Waals surface area contributed by atoms with Gasteiger partial charge in [0.15, 0.2) is 0 Å². The van der Waals surface area contributed by atoms with Crippen molar-refractivity contribution in [3.63, 3.8) is 0 Å². The van der Waals surface area contributed by atoms with E-state index in [1.165, 1.54) is 18.2 Å². The van der Waals surface area contributed by atoms with Crippen molar-refractivity contribution in [1.82, 2.24) is 0 Å². The molecule has 0 atom stereocenters. The Morgan fingerprint density at radius 1 is 1.54 bits per heavy atom. The highest BCUT2D eigenvalue weighted by molar-refractivity contribution is 6.31. The van der Waals surface area contributed by atoms with E-state index in [2.05, 4.69) is 11.8 Å². The van der Waals surface area contributed by atoms with Gasteiger partial charge in [-0.1, -0.05) is 23.4 Å². The van der Waals surface area contributed by atoms with Crippen molar-refractivity contribution in [2.24, 2.45) is 0 Å². The predicted molar refractivity (Wildman–Crippen MR) is 49.0 cm³/mol. The maximum absolute atomic E-state index is 12.7. The highest BCUT2D eigenvalue weighted by Crippen LogP contribution is 2.15. The molecule has 0 aliphatic rings. The van der Waals surface area contributed by atoms with Gasteiger partial charge in [0.2, 0.25) is 0 Å². The standard InChI is InChI=1S/C10H6ClFO/c11-10-5-4-9(12)7-8(10)3-1-2-6-13/h4-7H,2H2. The van der Waals surface area contributed by atoms with Gasteiger partial charge in [-0.2, -0.15) is 0 Å². The number of hydrogen-bond donors (Lipinski definition) is 0. The molecule has 0 bridgehead atoms. The molecule has 0 fully saturated rings. The fourth-order valence-corrected chi connectivity index (χ4v) is 0.946. The summed E-state index contributed by atoms with van der Waals surface area (Å²) in [5.74, 6) is 4.76. The summed E-state index contributed by atoms with van der Waals surface area (Å²) < 4.78 is 12.7. The lowest BCUT2D eigenvalue weighted by molar-refractivity contribution is -0.107. The molecule has 1 aromatic rings. The summed E-state index contributed by atoms with van der Waals surface area (Å²) in [6.07, 6.45) is 0.813. The van der Waals surface area contributed by atoms with Crippen LogP contribution >= 0.6 is 11.6 Å². The van der Waals surface area contributed by atoms with E-state index in [0.717, 1.165) is 0 Å². The molecule has 0 aromatic heterocycles. The van der Waals surface area contributed by atoms with Crippen LogP contribution in [0.2, 0.25) is 5.02 Å². The largest absolute Gasteiger partial charge is 0.302 e. The molecule has 0 saturated heterocycles. The van der Waals surface area contributed by atoms with Gasteiger partial charge in [0.05, 0.1) is 11.4 Å². The van der Waals surface area contributed by atoms with Crippen molar-refractivity contribution in [3.8, 4) is 11.8 Å². The third-order valence-electron chi connectivity index (χ3n) is 1.34. The minimum Gasteiger partial charge on any atom is -0.302 e. The Balaban J connectivity index is 2.95. The summed E-state index contributed by atoms with van der Waals surface area (Å²) in [5, 5.41) is 0.389. The number of carbonyl (C=O) groups excluding carboxylic acids is 1. The Bertz CT molecular complexity index is 376. The van der Waals surface area contributed by atoms with E-state index in [9.17, 15) is 9.18 Å². The molecule has 66 valence electrons. The second kappa shape index (κ2) is 4.64. The summed E-state index contributed by atoms with van der Waals surface area (Å²) >= 11 is 5.72. The first-order valence-electron chi connectivity index (χ1n) is 3.61. The zero-order chi connectivity index (χ0) is 9.68. The molecule has 0 spiro atoms. The molecule has 0 aliphatic heterocycles. The maximum atomic E-state index is 12.7. The fraction of sp³-hybridized carbons (Fsp3) is 0.100. The molecule has 1 aromatic carbocycles. The molecule has 0 heterocycles. The fourth-order valence-electron chi connectivity index (χ4n) is 0.781. The number of rotatable bonds is 1. The van der Waals surface area contributed by atoms with Crippen molar-refractivity contribution < 1.29 is 9.18 Å².